The van der Waals surface area contributed by atoms with Crippen LogP contribution in [0.25, 0.3) is 0 Å². The van der Waals surface area contributed by atoms with Crippen LogP contribution in [0.2, 0.25) is 0 Å². The first-order chi connectivity index (χ1) is 8.58. The Morgan fingerprint density at radius 1 is 1.50 bits per heavy atom. The second-order valence-corrected chi connectivity index (χ2v) is 4.78. The Morgan fingerprint density at radius 3 is 2.83 bits per heavy atom. The number of esters is 1. The molecule has 0 saturated carbocycles. The van der Waals surface area contributed by atoms with E-state index in [0.29, 0.717) is 6.61 Å². The van der Waals surface area contributed by atoms with E-state index in [9.17, 15) is 4.79 Å². The standard InChI is InChI=1S/C13H18BrNO3/c1-9(15-2)11-5-4-10(14)8-12(11)18-7-6-13(16)17-3/h4-5,8-9,15H,6-7H2,1-3H3. The highest BCUT2D eigenvalue weighted by molar-refractivity contribution is 9.10. The topological polar surface area (TPSA) is 47.6 Å². The zero-order chi connectivity index (χ0) is 13.5. The molecule has 0 aliphatic rings. The molecule has 0 amide bonds. The van der Waals surface area contributed by atoms with Gasteiger partial charge in [-0.3, -0.25) is 4.79 Å². The van der Waals surface area contributed by atoms with E-state index in [2.05, 4.69) is 32.9 Å². The molecule has 0 heterocycles. The van der Waals surface area contributed by atoms with E-state index in [1.54, 1.807) is 0 Å². The number of benzene rings is 1. The summed E-state index contributed by atoms with van der Waals surface area (Å²) in [6.45, 7) is 2.36. The third-order valence-corrected chi connectivity index (χ3v) is 3.16. The number of carbonyl (C=O) groups excluding carboxylic acids is 1. The Morgan fingerprint density at radius 2 is 2.22 bits per heavy atom. The monoisotopic (exact) mass is 315 g/mol. The smallest absolute Gasteiger partial charge is 0.308 e. The van der Waals surface area contributed by atoms with Crippen molar-refractivity contribution in [2.45, 2.75) is 19.4 Å². The molecule has 0 aliphatic carbocycles. The fraction of sp³-hybridized carbons (Fsp3) is 0.462. The molecule has 100 valence electrons. The zero-order valence-electron chi connectivity index (χ0n) is 10.8. The highest BCUT2D eigenvalue weighted by Gasteiger charge is 2.11. The fourth-order valence-electron chi connectivity index (χ4n) is 1.49. The normalized spacial score (nSPS) is 12.0. The first-order valence-electron chi connectivity index (χ1n) is 5.74. The quantitative estimate of drug-likeness (QED) is 0.820. The summed E-state index contributed by atoms with van der Waals surface area (Å²) in [5.41, 5.74) is 1.06. The predicted molar refractivity (Wildman–Crippen MR) is 73.7 cm³/mol. The van der Waals surface area contributed by atoms with Crippen LogP contribution >= 0.6 is 15.9 Å². The van der Waals surface area contributed by atoms with Gasteiger partial charge in [-0.2, -0.15) is 0 Å². The number of rotatable bonds is 6. The van der Waals surface area contributed by atoms with Gasteiger partial charge in [-0.05, 0) is 26.1 Å². The summed E-state index contributed by atoms with van der Waals surface area (Å²) >= 11 is 3.41. The lowest BCUT2D eigenvalue weighted by Crippen LogP contribution is -2.15. The van der Waals surface area contributed by atoms with E-state index in [0.717, 1.165) is 15.8 Å². The van der Waals surface area contributed by atoms with E-state index >= 15 is 0 Å². The Kier molecular flexibility index (Phi) is 6.15. The van der Waals surface area contributed by atoms with Gasteiger partial charge < -0.3 is 14.8 Å². The lowest BCUT2D eigenvalue weighted by atomic mass is 10.1. The third kappa shape index (κ3) is 4.31. The molecule has 0 saturated heterocycles. The number of nitrogens with one attached hydrogen (secondary N) is 1. The van der Waals surface area contributed by atoms with Gasteiger partial charge in [-0.1, -0.05) is 22.0 Å². The van der Waals surface area contributed by atoms with Gasteiger partial charge >= 0.3 is 5.97 Å². The molecule has 1 N–H and O–H groups in total. The fourth-order valence-corrected chi connectivity index (χ4v) is 1.83. The molecular weight excluding hydrogens is 298 g/mol. The van der Waals surface area contributed by atoms with Gasteiger partial charge in [0.15, 0.2) is 0 Å². The minimum absolute atomic E-state index is 0.186. The van der Waals surface area contributed by atoms with Crippen LogP contribution in [0.1, 0.15) is 24.9 Å². The molecule has 4 nitrogen and oxygen atoms in total. The molecule has 1 rings (SSSR count). The van der Waals surface area contributed by atoms with Crippen molar-refractivity contribution < 1.29 is 14.3 Å². The summed E-state index contributed by atoms with van der Waals surface area (Å²) in [5.74, 6) is 0.503. The summed E-state index contributed by atoms with van der Waals surface area (Å²) in [4.78, 5) is 11.0. The van der Waals surface area contributed by atoms with Crippen molar-refractivity contribution in [1.29, 1.82) is 0 Å². The number of methoxy groups -OCH3 is 1. The van der Waals surface area contributed by atoms with Crippen molar-refractivity contribution in [2.75, 3.05) is 20.8 Å². The summed E-state index contributed by atoms with van der Waals surface area (Å²) in [6, 6.07) is 6.06. The number of ether oxygens (including phenoxy) is 2. The third-order valence-electron chi connectivity index (χ3n) is 2.67. The maximum absolute atomic E-state index is 11.0. The molecule has 1 unspecified atom stereocenters. The lowest BCUT2D eigenvalue weighted by Gasteiger charge is -2.16. The molecule has 18 heavy (non-hydrogen) atoms. The van der Waals surface area contributed by atoms with E-state index in [4.69, 9.17) is 4.74 Å². The molecule has 0 aliphatic heterocycles. The maximum Gasteiger partial charge on any atom is 0.308 e. The molecule has 0 fully saturated rings. The van der Waals surface area contributed by atoms with Crippen LogP contribution in [0.4, 0.5) is 0 Å². The van der Waals surface area contributed by atoms with Crippen molar-refractivity contribution in [2.24, 2.45) is 0 Å². The van der Waals surface area contributed by atoms with Gasteiger partial charge in [-0.25, -0.2) is 0 Å². The summed E-state index contributed by atoms with van der Waals surface area (Å²) < 4.78 is 11.2. The number of hydrogen-bond donors (Lipinski definition) is 1. The average molecular weight is 316 g/mol. The predicted octanol–water partition coefficient (Wildman–Crippen LogP) is 2.67. The van der Waals surface area contributed by atoms with Gasteiger partial charge in [0.25, 0.3) is 0 Å². The van der Waals surface area contributed by atoms with Crippen molar-refractivity contribution in [3.63, 3.8) is 0 Å². The Bertz CT molecular complexity index is 409. The molecule has 1 aromatic rings. The van der Waals surface area contributed by atoms with Crippen molar-refractivity contribution >= 4 is 21.9 Å². The lowest BCUT2D eigenvalue weighted by molar-refractivity contribution is -0.141. The summed E-state index contributed by atoms with van der Waals surface area (Å²) in [5, 5.41) is 3.16. The SMILES string of the molecule is CNC(C)c1ccc(Br)cc1OCCC(=O)OC. The molecule has 1 atom stereocenters. The summed E-state index contributed by atoms with van der Waals surface area (Å²) in [7, 11) is 3.26. The number of carbonyl (C=O) groups is 1. The van der Waals surface area contributed by atoms with Crippen LogP contribution in [0, 0.1) is 0 Å². The molecule has 5 heteroatoms. The number of halogens is 1. The first kappa shape index (κ1) is 15.0. The molecule has 1 aromatic carbocycles. The second kappa shape index (κ2) is 7.38. The van der Waals surface area contributed by atoms with Crippen molar-refractivity contribution in [1.82, 2.24) is 5.32 Å². The van der Waals surface area contributed by atoms with E-state index in [1.165, 1.54) is 7.11 Å². The van der Waals surface area contributed by atoms with Gasteiger partial charge in [0.2, 0.25) is 0 Å². The second-order valence-electron chi connectivity index (χ2n) is 3.87. The van der Waals surface area contributed by atoms with Gasteiger partial charge in [0.1, 0.15) is 5.75 Å². The van der Waals surface area contributed by atoms with Crippen LogP contribution in [0.3, 0.4) is 0 Å². The molecule has 0 bridgehead atoms. The summed E-state index contributed by atoms with van der Waals surface area (Å²) in [6.07, 6.45) is 0.246. The van der Waals surface area contributed by atoms with Crippen LogP contribution in [0.15, 0.2) is 22.7 Å². The largest absolute Gasteiger partial charge is 0.493 e. The average Bonchev–Trinajstić information content (AvgIpc) is 2.37. The van der Waals surface area contributed by atoms with E-state index in [1.807, 2.05) is 25.2 Å². The molecular formula is C13H18BrNO3. The van der Waals surface area contributed by atoms with E-state index < -0.39 is 0 Å². The Hall–Kier alpha value is -1.07. The van der Waals surface area contributed by atoms with Crippen LogP contribution in [0.5, 0.6) is 5.75 Å². The Balaban J connectivity index is 2.73. The minimum Gasteiger partial charge on any atom is -0.493 e. The minimum atomic E-state index is -0.270. The van der Waals surface area contributed by atoms with Crippen LogP contribution < -0.4 is 10.1 Å². The van der Waals surface area contributed by atoms with Crippen molar-refractivity contribution in [3.05, 3.63) is 28.2 Å². The molecule has 0 spiro atoms. The highest BCUT2D eigenvalue weighted by atomic mass is 79.9. The van der Waals surface area contributed by atoms with Gasteiger partial charge in [0, 0.05) is 16.1 Å². The first-order valence-corrected chi connectivity index (χ1v) is 6.54. The van der Waals surface area contributed by atoms with Crippen molar-refractivity contribution in [3.8, 4) is 5.75 Å². The highest BCUT2D eigenvalue weighted by Crippen LogP contribution is 2.28. The Labute approximate surface area is 116 Å². The van der Waals surface area contributed by atoms with Gasteiger partial charge in [-0.15, -0.1) is 0 Å². The van der Waals surface area contributed by atoms with Gasteiger partial charge in [0.05, 0.1) is 20.1 Å². The van der Waals surface area contributed by atoms with E-state index in [-0.39, 0.29) is 18.4 Å². The van der Waals surface area contributed by atoms with Crippen LogP contribution in [-0.4, -0.2) is 26.7 Å². The molecule has 0 aromatic heterocycles. The molecule has 0 radical (unpaired) electrons. The number of hydrogen-bond acceptors (Lipinski definition) is 4. The van der Waals surface area contributed by atoms with Crippen LogP contribution in [-0.2, 0) is 9.53 Å². The zero-order valence-corrected chi connectivity index (χ0v) is 12.4. The maximum atomic E-state index is 11.0.